The van der Waals surface area contributed by atoms with Crippen LogP contribution < -0.4 is 0 Å². The van der Waals surface area contributed by atoms with Crippen LogP contribution in [0.5, 0.6) is 0 Å². The average Bonchev–Trinajstić information content (AvgIpc) is 2.41. The Morgan fingerprint density at radius 1 is 1.16 bits per heavy atom. The Morgan fingerprint density at radius 3 is 2.79 bits per heavy atom. The quantitative estimate of drug-likeness (QED) is 0.745. The topological polar surface area (TPSA) is 17.1 Å². The summed E-state index contributed by atoms with van der Waals surface area (Å²) in [6.07, 6.45) is 3.05. The molecule has 2 aromatic carbocycles. The lowest BCUT2D eigenvalue weighted by molar-refractivity contribution is 0.0949. The van der Waals surface area contributed by atoms with Crippen molar-refractivity contribution in [1.29, 1.82) is 0 Å². The number of Topliss-reactive ketones (excluding diaryl/α,β-unsaturated/α-hetero) is 1. The minimum Gasteiger partial charge on any atom is -0.293 e. The second kappa shape index (κ2) is 5.00. The van der Waals surface area contributed by atoms with Crippen LogP contribution in [0.25, 0.3) is 0 Å². The van der Waals surface area contributed by atoms with Crippen molar-refractivity contribution in [2.75, 3.05) is 0 Å². The third kappa shape index (κ3) is 2.21. The van der Waals surface area contributed by atoms with Gasteiger partial charge in [-0.2, -0.15) is 0 Å². The van der Waals surface area contributed by atoms with Gasteiger partial charge in [0.05, 0.1) is 5.92 Å². The molecule has 2 aromatic rings. The Hall–Kier alpha value is -1.89. The number of benzene rings is 2. The highest BCUT2D eigenvalue weighted by molar-refractivity contribution is 6.02. The summed E-state index contributed by atoms with van der Waals surface area (Å²) >= 11 is 0. The minimum absolute atomic E-state index is 0.0769. The Morgan fingerprint density at radius 2 is 2.00 bits per heavy atom. The van der Waals surface area contributed by atoms with Gasteiger partial charge in [-0.15, -0.1) is 0 Å². The molecular weight excluding hydrogens is 232 g/mol. The van der Waals surface area contributed by atoms with Gasteiger partial charge in [-0.25, -0.2) is 0 Å². The lowest BCUT2D eigenvalue weighted by atomic mass is 9.73. The van der Waals surface area contributed by atoms with Crippen LogP contribution in [0.15, 0.2) is 48.5 Å². The highest BCUT2D eigenvalue weighted by Crippen LogP contribution is 2.37. The van der Waals surface area contributed by atoms with E-state index in [1.54, 1.807) is 0 Å². The number of fused-ring (bicyclic) bond motifs is 1. The van der Waals surface area contributed by atoms with E-state index in [2.05, 4.69) is 31.2 Å². The van der Waals surface area contributed by atoms with Crippen LogP contribution in [-0.2, 0) is 12.8 Å². The summed E-state index contributed by atoms with van der Waals surface area (Å²) in [4.78, 5) is 12.5. The van der Waals surface area contributed by atoms with E-state index >= 15 is 0 Å². The number of hydrogen-bond donors (Lipinski definition) is 0. The number of hydrogen-bond acceptors (Lipinski definition) is 1. The first-order valence-electron chi connectivity index (χ1n) is 7.00. The molecule has 0 N–H and O–H groups in total. The molecule has 1 unspecified atom stereocenters. The number of aryl methyl sites for hydroxylation is 1. The largest absolute Gasteiger partial charge is 0.293 e. The number of carbonyl (C=O) groups excluding carboxylic acids is 1. The molecule has 0 fully saturated rings. The minimum atomic E-state index is 0.0769. The fourth-order valence-corrected chi connectivity index (χ4v) is 2.86. The third-order valence-electron chi connectivity index (χ3n) is 3.92. The van der Waals surface area contributed by atoms with Crippen LogP contribution in [0.3, 0.4) is 0 Å². The maximum Gasteiger partial charge on any atom is 0.170 e. The van der Waals surface area contributed by atoms with Crippen molar-refractivity contribution in [2.45, 2.75) is 32.1 Å². The first kappa shape index (κ1) is 12.2. The van der Waals surface area contributed by atoms with Crippen LogP contribution in [0.1, 0.15) is 46.3 Å². The molecule has 0 aliphatic heterocycles. The maximum atomic E-state index is 12.5. The standard InChI is InChI=1S/C18H18O/c1-2-6-13-7-5-9-15(11-13)18(19)17-12-14-8-3-4-10-16(14)17/h3-5,7-11,17H,2,6,12H2,1H3. The van der Waals surface area contributed by atoms with Crippen molar-refractivity contribution in [2.24, 2.45) is 0 Å². The van der Waals surface area contributed by atoms with Crippen molar-refractivity contribution >= 4 is 5.78 Å². The van der Waals surface area contributed by atoms with Gasteiger partial charge >= 0.3 is 0 Å². The molecule has 0 heterocycles. The predicted octanol–water partition coefficient (Wildman–Crippen LogP) is 4.16. The van der Waals surface area contributed by atoms with E-state index in [-0.39, 0.29) is 11.7 Å². The Balaban J connectivity index is 1.84. The van der Waals surface area contributed by atoms with Gasteiger partial charge < -0.3 is 0 Å². The Kier molecular flexibility index (Phi) is 3.20. The molecule has 1 atom stereocenters. The van der Waals surface area contributed by atoms with Crippen molar-refractivity contribution in [1.82, 2.24) is 0 Å². The zero-order valence-electron chi connectivity index (χ0n) is 11.2. The van der Waals surface area contributed by atoms with E-state index in [1.165, 1.54) is 16.7 Å². The van der Waals surface area contributed by atoms with Crippen molar-refractivity contribution in [3.8, 4) is 0 Å². The fourth-order valence-electron chi connectivity index (χ4n) is 2.86. The molecule has 0 saturated carbocycles. The maximum absolute atomic E-state index is 12.5. The predicted molar refractivity (Wildman–Crippen MR) is 77.7 cm³/mol. The van der Waals surface area contributed by atoms with E-state index in [0.717, 1.165) is 24.8 Å². The average molecular weight is 250 g/mol. The van der Waals surface area contributed by atoms with Crippen LogP contribution in [-0.4, -0.2) is 5.78 Å². The molecule has 0 spiro atoms. The molecule has 1 aliphatic carbocycles. The number of rotatable bonds is 4. The normalized spacial score (nSPS) is 16.6. The summed E-state index contributed by atoms with van der Waals surface area (Å²) in [6, 6.07) is 16.4. The second-order valence-electron chi connectivity index (χ2n) is 5.27. The Labute approximate surface area is 114 Å². The van der Waals surface area contributed by atoms with Crippen LogP contribution in [0.2, 0.25) is 0 Å². The lowest BCUT2D eigenvalue weighted by Crippen LogP contribution is -2.25. The Bertz CT molecular complexity index is 613. The molecule has 0 bridgehead atoms. The number of ketones is 1. The monoisotopic (exact) mass is 250 g/mol. The molecule has 0 saturated heterocycles. The third-order valence-corrected chi connectivity index (χ3v) is 3.92. The SMILES string of the molecule is CCCc1cccc(C(=O)C2Cc3ccccc32)c1. The van der Waals surface area contributed by atoms with Gasteiger partial charge in [0.2, 0.25) is 0 Å². The zero-order chi connectivity index (χ0) is 13.2. The van der Waals surface area contributed by atoms with Gasteiger partial charge in [-0.05, 0) is 35.6 Å². The molecule has 1 heteroatoms. The number of carbonyl (C=O) groups is 1. The van der Waals surface area contributed by atoms with Crippen molar-refractivity contribution in [3.05, 3.63) is 70.8 Å². The fraction of sp³-hybridized carbons (Fsp3) is 0.278. The first-order chi connectivity index (χ1) is 9.29. The van der Waals surface area contributed by atoms with E-state index in [9.17, 15) is 4.79 Å². The van der Waals surface area contributed by atoms with Gasteiger partial charge in [0.25, 0.3) is 0 Å². The molecule has 0 amide bonds. The summed E-state index contributed by atoms with van der Waals surface area (Å²) in [5, 5.41) is 0. The summed E-state index contributed by atoms with van der Waals surface area (Å²) in [6.45, 7) is 2.16. The van der Waals surface area contributed by atoms with E-state index in [4.69, 9.17) is 0 Å². The summed E-state index contributed by atoms with van der Waals surface area (Å²) in [5.74, 6) is 0.352. The summed E-state index contributed by atoms with van der Waals surface area (Å²) < 4.78 is 0. The van der Waals surface area contributed by atoms with Crippen molar-refractivity contribution < 1.29 is 4.79 Å². The second-order valence-corrected chi connectivity index (χ2v) is 5.27. The molecule has 1 aliphatic rings. The lowest BCUT2D eigenvalue weighted by Gasteiger charge is -2.28. The molecule has 3 rings (SSSR count). The smallest absolute Gasteiger partial charge is 0.170 e. The van der Waals surface area contributed by atoms with Gasteiger partial charge in [-0.3, -0.25) is 4.79 Å². The van der Waals surface area contributed by atoms with E-state index < -0.39 is 0 Å². The van der Waals surface area contributed by atoms with Gasteiger partial charge in [0.1, 0.15) is 0 Å². The van der Waals surface area contributed by atoms with Crippen LogP contribution in [0, 0.1) is 0 Å². The van der Waals surface area contributed by atoms with E-state index in [1.807, 2.05) is 24.3 Å². The molecule has 0 aromatic heterocycles. The summed E-state index contributed by atoms with van der Waals surface area (Å²) in [5.41, 5.74) is 4.67. The van der Waals surface area contributed by atoms with Gasteiger partial charge in [0.15, 0.2) is 5.78 Å². The van der Waals surface area contributed by atoms with Crippen LogP contribution >= 0.6 is 0 Å². The first-order valence-corrected chi connectivity index (χ1v) is 7.00. The van der Waals surface area contributed by atoms with Gasteiger partial charge in [-0.1, -0.05) is 55.8 Å². The van der Waals surface area contributed by atoms with E-state index in [0.29, 0.717) is 0 Å². The molecule has 1 nitrogen and oxygen atoms in total. The van der Waals surface area contributed by atoms with Gasteiger partial charge in [0, 0.05) is 5.56 Å². The molecule has 0 radical (unpaired) electrons. The summed E-state index contributed by atoms with van der Waals surface area (Å²) in [7, 11) is 0. The van der Waals surface area contributed by atoms with Crippen molar-refractivity contribution in [3.63, 3.8) is 0 Å². The molecule has 96 valence electrons. The highest BCUT2D eigenvalue weighted by Gasteiger charge is 2.32. The van der Waals surface area contributed by atoms with Crippen LogP contribution in [0.4, 0.5) is 0 Å². The molecule has 19 heavy (non-hydrogen) atoms. The highest BCUT2D eigenvalue weighted by atomic mass is 16.1. The zero-order valence-corrected chi connectivity index (χ0v) is 11.2. The molecular formula is C18H18O.